The summed E-state index contributed by atoms with van der Waals surface area (Å²) in [4.78, 5) is 31.7. The Bertz CT molecular complexity index is 1530. The molecule has 2 saturated heterocycles. The molecule has 14 atom stereocenters. The van der Waals surface area contributed by atoms with Crippen LogP contribution in [-0.4, -0.2) is 161 Å². The zero-order valence-electron chi connectivity index (χ0n) is 33.8. The van der Waals surface area contributed by atoms with Gasteiger partial charge >= 0.3 is 5.97 Å². The minimum Gasteiger partial charge on any atom is -0.550 e. The standard InChI is InChI=1S/C40H64N4O15/c1-4-25-26(9-8-23-18-44(14-16-46)19-27(34(50)51)31(23)43-38(41)42-13-6-15-45)28(35(52)57-24-10-12-39(17-24)11-5-7-30(39)48)21-55-36(25)59-37-33(56-22(2)3)40(53,54)32(49)29(20-47)58-37/h4,8-9,21-27,29-33,36-37,45-49,53-54H,1,5-7,10-20H2,2-3H3,(H,50,51)(H3,41,42,43). The number of carbonyl (C=O) groups is 2. The fourth-order valence-corrected chi connectivity index (χ4v) is 9.37. The topological polar surface area (TPSA) is 300 Å². The smallest absolute Gasteiger partial charge is 0.338 e. The first kappa shape index (κ1) is 46.8. The zero-order chi connectivity index (χ0) is 43.1. The molecule has 19 heteroatoms. The number of nitrogens with zero attached hydrogens (tertiary/aromatic N) is 1. The Balaban J connectivity index is 1.49. The lowest BCUT2D eigenvalue weighted by atomic mass is 9.79. The summed E-state index contributed by atoms with van der Waals surface area (Å²) >= 11 is 0. The van der Waals surface area contributed by atoms with Crippen LogP contribution < -0.4 is 21.1 Å². The lowest BCUT2D eigenvalue weighted by Crippen LogP contribution is -3.16. The van der Waals surface area contributed by atoms with E-state index >= 15 is 0 Å². The van der Waals surface area contributed by atoms with Crippen molar-refractivity contribution in [3.05, 3.63) is 36.6 Å². The van der Waals surface area contributed by atoms with Crippen molar-refractivity contribution in [3.8, 4) is 0 Å². The Morgan fingerprint density at radius 2 is 1.90 bits per heavy atom. The average molecular weight is 841 g/mol. The SMILES string of the molecule is C=CC1C(OC2OC(CO)C(O)C(O)(O)C2OC(C)C)OC=C(C(=O)OC2CCC3(CCCC3O)C2)C1C=CC1C[NH+](CCO)CC(C(=O)[O-])C1NC(N)=NCCCO. The van der Waals surface area contributed by atoms with Gasteiger partial charge in [-0.15, -0.1) is 6.58 Å². The van der Waals surface area contributed by atoms with Gasteiger partial charge in [0.15, 0.2) is 18.4 Å². The largest absolute Gasteiger partial charge is 0.550 e. The van der Waals surface area contributed by atoms with Gasteiger partial charge in [-0.25, -0.2) is 4.79 Å². The van der Waals surface area contributed by atoms with E-state index in [9.17, 15) is 50.4 Å². The first-order valence-corrected chi connectivity index (χ1v) is 20.7. The number of piperidine rings is 1. The molecule has 19 nitrogen and oxygen atoms in total. The first-order chi connectivity index (χ1) is 28.1. The quantitative estimate of drug-likeness (QED) is 0.0166. The minimum absolute atomic E-state index is 0.0334. The van der Waals surface area contributed by atoms with E-state index in [0.717, 1.165) is 17.7 Å². The number of likely N-dealkylation sites (tertiary alicyclic amines) is 1. The molecule has 0 radical (unpaired) electrons. The Labute approximate surface area is 344 Å². The van der Waals surface area contributed by atoms with Crippen molar-refractivity contribution >= 4 is 17.9 Å². The van der Waals surface area contributed by atoms with E-state index in [1.807, 2.05) is 0 Å². The monoisotopic (exact) mass is 840 g/mol. The van der Waals surface area contributed by atoms with Gasteiger partial charge in [0.1, 0.15) is 24.9 Å². The predicted octanol–water partition coefficient (Wildman–Crippen LogP) is -4.07. The number of carbonyl (C=O) groups excluding carboxylic acids is 2. The van der Waals surface area contributed by atoms with Crippen molar-refractivity contribution in [2.45, 2.75) is 120 Å². The van der Waals surface area contributed by atoms with Gasteiger partial charge in [0.25, 0.3) is 0 Å². The summed E-state index contributed by atoms with van der Waals surface area (Å²) in [5.41, 5.74) is 5.95. The number of rotatable bonds is 17. The molecule has 14 unspecified atom stereocenters. The first-order valence-electron chi connectivity index (χ1n) is 20.7. The van der Waals surface area contributed by atoms with Crippen LogP contribution in [0.3, 0.4) is 0 Å². The van der Waals surface area contributed by atoms with Crippen molar-refractivity contribution in [1.82, 2.24) is 5.32 Å². The Hall–Kier alpha value is -3.21. The molecular weight excluding hydrogens is 776 g/mol. The van der Waals surface area contributed by atoms with Gasteiger partial charge < -0.3 is 85.3 Å². The average Bonchev–Trinajstić information content (AvgIpc) is 3.77. The van der Waals surface area contributed by atoms with Crippen LogP contribution >= 0.6 is 0 Å². The number of carboxylic acids is 1. The summed E-state index contributed by atoms with van der Waals surface area (Å²) in [6, 6.07) is -0.841. The van der Waals surface area contributed by atoms with E-state index in [4.69, 9.17) is 29.4 Å². The van der Waals surface area contributed by atoms with Gasteiger partial charge in [-0.1, -0.05) is 24.6 Å². The molecule has 334 valence electrons. The molecule has 0 aromatic carbocycles. The molecule has 0 bridgehead atoms. The summed E-state index contributed by atoms with van der Waals surface area (Å²) in [6.07, 6.45) is 0.972. The van der Waals surface area contributed by atoms with Gasteiger partial charge in [0.05, 0.1) is 74.2 Å². The van der Waals surface area contributed by atoms with Crippen molar-refractivity contribution < 1.29 is 79.0 Å². The highest BCUT2D eigenvalue weighted by atomic mass is 16.8. The maximum atomic E-state index is 14.2. The molecule has 1 spiro atoms. The third-order valence-corrected chi connectivity index (χ3v) is 12.5. The lowest BCUT2D eigenvalue weighted by Gasteiger charge is -2.48. The molecule has 5 aliphatic rings. The van der Waals surface area contributed by atoms with Crippen LogP contribution in [0, 0.1) is 29.1 Å². The Kier molecular flexibility index (Phi) is 16.3. The molecule has 2 saturated carbocycles. The molecular formula is C40H64N4O15. The van der Waals surface area contributed by atoms with Crippen molar-refractivity contribution in [1.29, 1.82) is 0 Å². The van der Waals surface area contributed by atoms with E-state index in [1.165, 1.54) is 12.3 Å². The number of nitrogens with two attached hydrogens (primary N) is 1. The number of aliphatic carboxylic acids is 1. The number of quaternary nitrogens is 1. The van der Waals surface area contributed by atoms with Gasteiger partial charge in [0, 0.05) is 25.0 Å². The highest BCUT2D eigenvalue weighted by Crippen LogP contribution is 2.51. The number of esters is 1. The number of aliphatic hydroxyl groups is 7. The molecule has 3 heterocycles. The number of aliphatic hydroxyl groups excluding tert-OH is 5. The van der Waals surface area contributed by atoms with E-state index < -0.39 is 103 Å². The van der Waals surface area contributed by atoms with Crippen LogP contribution in [-0.2, 0) is 33.3 Å². The number of allylic oxidation sites excluding steroid dienone is 1. The van der Waals surface area contributed by atoms with Crippen molar-refractivity contribution in [3.63, 3.8) is 0 Å². The second-order valence-corrected chi connectivity index (χ2v) is 16.8. The molecule has 11 N–H and O–H groups in total. The van der Waals surface area contributed by atoms with Crippen molar-refractivity contribution in [2.24, 2.45) is 39.8 Å². The van der Waals surface area contributed by atoms with E-state index in [2.05, 4.69) is 16.9 Å². The Morgan fingerprint density at radius 1 is 1.14 bits per heavy atom. The number of nitrogens with one attached hydrogen (secondary N) is 2. The Morgan fingerprint density at radius 3 is 2.53 bits per heavy atom. The molecule has 0 aromatic rings. The van der Waals surface area contributed by atoms with Gasteiger partial charge in [-0.05, 0) is 57.8 Å². The molecule has 3 aliphatic heterocycles. The van der Waals surface area contributed by atoms with E-state index in [-0.39, 0.29) is 49.8 Å². The maximum Gasteiger partial charge on any atom is 0.338 e. The second-order valence-electron chi connectivity index (χ2n) is 16.8. The summed E-state index contributed by atoms with van der Waals surface area (Å²) in [7, 11) is 0. The highest BCUT2D eigenvalue weighted by Gasteiger charge is 2.58. The number of carboxylic acid groups (broad SMARTS) is 1. The maximum absolute atomic E-state index is 14.2. The highest BCUT2D eigenvalue weighted by molar-refractivity contribution is 5.89. The minimum atomic E-state index is -2.93. The number of ether oxygens (including phenoxy) is 5. The normalized spacial score (nSPS) is 38.6. The van der Waals surface area contributed by atoms with Crippen LogP contribution in [0.15, 0.2) is 41.6 Å². The summed E-state index contributed by atoms with van der Waals surface area (Å²) in [5, 5.41) is 88.0. The number of guanidine groups is 1. The second kappa shape index (κ2) is 20.6. The number of hydrogen-bond donors (Lipinski definition) is 10. The van der Waals surface area contributed by atoms with Crippen LogP contribution in [0.5, 0.6) is 0 Å². The number of hydrogen-bond acceptors (Lipinski definition) is 16. The molecule has 0 aromatic heterocycles. The van der Waals surface area contributed by atoms with Gasteiger partial charge in [-0.2, -0.15) is 0 Å². The van der Waals surface area contributed by atoms with Gasteiger partial charge in [0.2, 0.25) is 12.1 Å². The molecule has 2 aliphatic carbocycles. The van der Waals surface area contributed by atoms with E-state index in [0.29, 0.717) is 38.6 Å². The predicted molar refractivity (Wildman–Crippen MR) is 205 cm³/mol. The summed E-state index contributed by atoms with van der Waals surface area (Å²) in [6.45, 7) is 7.03. The lowest BCUT2D eigenvalue weighted by molar-refractivity contribution is -0.911. The molecule has 5 rings (SSSR count). The van der Waals surface area contributed by atoms with Gasteiger partial charge in [-0.3, -0.25) is 4.99 Å². The third kappa shape index (κ3) is 10.8. The van der Waals surface area contributed by atoms with Crippen LogP contribution in [0.4, 0.5) is 0 Å². The van der Waals surface area contributed by atoms with Crippen molar-refractivity contribution in [2.75, 3.05) is 46.0 Å². The van der Waals surface area contributed by atoms with Crippen LogP contribution in [0.1, 0.15) is 58.8 Å². The summed E-state index contributed by atoms with van der Waals surface area (Å²) in [5.74, 6) is -8.50. The fraction of sp³-hybridized carbons (Fsp3) is 0.775. The third-order valence-electron chi connectivity index (χ3n) is 12.5. The molecule has 59 heavy (non-hydrogen) atoms. The fourth-order valence-electron chi connectivity index (χ4n) is 9.37. The summed E-state index contributed by atoms with van der Waals surface area (Å²) < 4.78 is 29.9. The molecule has 4 fully saturated rings. The van der Waals surface area contributed by atoms with E-state index in [1.54, 1.807) is 26.0 Å². The molecule has 0 amide bonds. The van der Waals surface area contributed by atoms with Crippen LogP contribution in [0.2, 0.25) is 0 Å². The zero-order valence-corrected chi connectivity index (χ0v) is 33.8. The van der Waals surface area contributed by atoms with Crippen LogP contribution in [0.25, 0.3) is 0 Å². The number of aliphatic imine (C=N–C) groups is 1.